The van der Waals surface area contributed by atoms with E-state index in [0.717, 1.165) is 0 Å². The highest BCUT2D eigenvalue weighted by atomic mass is 16.4. The Labute approximate surface area is 363 Å². The van der Waals surface area contributed by atoms with E-state index in [2.05, 4.69) is 42.2 Å². The fraction of sp³-hybridized carbons (Fsp3) is 0.564. The molecule has 350 valence electrons. The zero-order valence-electron chi connectivity index (χ0n) is 35.7. The van der Waals surface area contributed by atoms with Gasteiger partial charge in [0.25, 0.3) is 0 Å². The summed E-state index contributed by atoms with van der Waals surface area (Å²) in [5, 5.41) is 44.8. The molecule has 0 radical (unpaired) electrons. The molecule has 7 amide bonds. The van der Waals surface area contributed by atoms with Gasteiger partial charge < -0.3 is 69.7 Å². The average molecular weight is 892 g/mol. The van der Waals surface area contributed by atoms with Crippen LogP contribution in [0.5, 0.6) is 0 Å². The summed E-state index contributed by atoms with van der Waals surface area (Å²) in [6, 6.07) is -0.872. The van der Waals surface area contributed by atoms with Crippen molar-refractivity contribution in [3.05, 3.63) is 35.9 Å². The topological polar surface area (TPSA) is 406 Å². The summed E-state index contributed by atoms with van der Waals surface area (Å²) in [5.74, 6) is -10.5. The Morgan fingerprint density at radius 1 is 0.603 bits per heavy atom. The third-order valence-corrected chi connectivity index (χ3v) is 8.98. The van der Waals surface area contributed by atoms with Crippen molar-refractivity contribution in [2.24, 2.45) is 28.1 Å². The van der Waals surface area contributed by atoms with Crippen LogP contribution in [0.15, 0.2) is 35.3 Å². The van der Waals surface area contributed by atoms with E-state index in [1.165, 1.54) is 13.8 Å². The minimum atomic E-state index is -1.59. The third kappa shape index (κ3) is 22.5. The van der Waals surface area contributed by atoms with Crippen LogP contribution in [-0.4, -0.2) is 136 Å². The molecular formula is C39H61N11O13. The summed E-state index contributed by atoms with van der Waals surface area (Å²) >= 11 is 0. The van der Waals surface area contributed by atoms with Crippen molar-refractivity contribution in [1.29, 1.82) is 0 Å². The first-order valence-corrected chi connectivity index (χ1v) is 20.1. The summed E-state index contributed by atoms with van der Waals surface area (Å²) in [6.45, 7) is 5.49. The molecule has 0 fully saturated rings. The Balaban J connectivity index is 3.25. The zero-order chi connectivity index (χ0) is 47.8. The number of carbonyl (C=O) groups excluding carboxylic acids is 7. The molecule has 0 bridgehead atoms. The monoisotopic (exact) mass is 891 g/mol. The lowest BCUT2D eigenvalue weighted by Gasteiger charge is -2.26. The average Bonchev–Trinajstić information content (AvgIpc) is 3.19. The molecule has 0 saturated carbocycles. The predicted octanol–water partition coefficient (Wildman–Crippen LogP) is -3.46. The molecule has 24 nitrogen and oxygen atoms in total. The normalized spacial score (nSPS) is 14.1. The number of amides is 7. The molecule has 0 heterocycles. The molecule has 0 aliphatic rings. The van der Waals surface area contributed by atoms with Crippen molar-refractivity contribution in [3.8, 4) is 0 Å². The molecule has 7 atom stereocenters. The van der Waals surface area contributed by atoms with E-state index in [4.69, 9.17) is 22.3 Å². The number of carbonyl (C=O) groups is 10. The van der Waals surface area contributed by atoms with Crippen LogP contribution in [-0.2, 0) is 54.4 Å². The van der Waals surface area contributed by atoms with Crippen molar-refractivity contribution in [3.63, 3.8) is 0 Å². The molecule has 0 spiro atoms. The summed E-state index contributed by atoms with van der Waals surface area (Å²) in [5.41, 5.74) is 16.9. The number of rotatable bonds is 29. The van der Waals surface area contributed by atoms with Gasteiger partial charge in [0.15, 0.2) is 5.96 Å². The van der Waals surface area contributed by atoms with E-state index in [0.29, 0.717) is 5.56 Å². The second-order valence-electron chi connectivity index (χ2n) is 15.1. The summed E-state index contributed by atoms with van der Waals surface area (Å²) in [6.07, 6.45) is -2.03. The van der Waals surface area contributed by atoms with Gasteiger partial charge in [-0.25, -0.2) is 4.79 Å². The van der Waals surface area contributed by atoms with Gasteiger partial charge >= 0.3 is 17.9 Å². The first-order valence-electron chi connectivity index (χ1n) is 20.1. The van der Waals surface area contributed by atoms with E-state index in [-0.39, 0.29) is 44.1 Å². The van der Waals surface area contributed by atoms with Crippen LogP contribution in [0.3, 0.4) is 0 Å². The van der Waals surface area contributed by atoms with Crippen LogP contribution in [0.4, 0.5) is 0 Å². The van der Waals surface area contributed by atoms with Crippen LogP contribution < -0.4 is 54.4 Å². The van der Waals surface area contributed by atoms with E-state index in [1.807, 2.05) is 0 Å². The van der Waals surface area contributed by atoms with Gasteiger partial charge in [-0.05, 0) is 57.4 Å². The largest absolute Gasteiger partial charge is 0.481 e. The number of aliphatic imine (C=N–C) groups is 1. The number of guanidine groups is 1. The lowest BCUT2D eigenvalue weighted by atomic mass is 10.0. The lowest BCUT2D eigenvalue weighted by Crippen LogP contribution is -2.58. The molecule has 63 heavy (non-hydrogen) atoms. The van der Waals surface area contributed by atoms with Crippen LogP contribution in [0.25, 0.3) is 0 Å². The quantitative estimate of drug-likeness (QED) is 0.0211. The Bertz CT molecular complexity index is 1790. The van der Waals surface area contributed by atoms with Crippen molar-refractivity contribution >= 4 is 65.2 Å². The molecule has 0 saturated heterocycles. The van der Waals surface area contributed by atoms with Crippen molar-refractivity contribution < 1.29 is 63.3 Å². The van der Waals surface area contributed by atoms with Gasteiger partial charge in [-0.1, -0.05) is 44.2 Å². The maximum absolute atomic E-state index is 13.7. The van der Waals surface area contributed by atoms with Gasteiger partial charge in [0.2, 0.25) is 41.4 Å². The second-order valence-corrected chi connectivity index (χ2v) is 15.1. The van der Waals surface area contributed by atoms with Gasteiger partial charge in [-0.3, -0.25) is 48.1 Å². The Hall–Kier alpha value is -6.85. The molecule has 0 aliphatic carbocycles. The summed E-state index contributed by atoms with van der Waals surface area (Å²) in [4.78, 5) is 130. The van der Waals surface area contributed by atoms with Crippen molar-refractivity contribution in [2.75, 3.05) is 13.1 Å². The summed E-state index contributed by atoms with van der Waals surface area (Å²) < 4.78 is 0. The molecule has 24 heteroatoms. The van der Waals surface area contributed by atoms with E-state index in [9.17, 15) is 58.2 Å². The number of nitrogens with one attached hydrogen (secondary N) is 7. The van der Waals surface area contributed by atoms with Gasteiger partial charge in [0.05, 0.1) is 12.6 Å². The van der Waals surface area contributed by atoms with E-state index in [1.54, 1.807) is 44.2 Å². The number of aliphatic carboxylic acids is 3. The smallest absolute Gasteiger partial charge is 0.326 e. The second kappa shape index (κ2) is 27.9. The Morgan fingerprint density at radius 3 is 1.65 bits per heavy atom. The molecule has 0 aliphatic heterocycles. The fourth-order valence-electron chi connectivity index (χ4n) is 5.66. The minimum absolute atomic E-state index is 0.0208. The molecular weight excluding hydrogens is 830 g/mol. The highest BCUT2D eigenvalue weighted by Gasteiger charge is 2.32. The fourth-order valence-corrected chi connectivity index (χ4v) is 5.66. The SMILES string of the molecule is CC(C)C[C@H](NC(=O)CNC(=O)[C@H](CCCN=C(N)N)NC(=O)[C@H](CCC(=O)O)NC(=O)[C@H](C)NC(=O)[C@H](C)N)C(=O)N[C@@H](Cc1ccccc1)C(=O)N[C@@H](CCC(=O)O)C(=O)O. The van der Waals surface area contributed by atoms with Crippen molar-refractivity contribution in [2.45, 2.75) is 121 Å². The maximum Gasteiger partial charge on any atom is 0.326 e. The standard InChI is InChI=1S/C39H61N11O13/c1-20(2)17-27(36(60)50-28(18-23-9-6-5-7-10-23)37(61)49-26(38(62)63)13-15-31(54)55)46-29(51)19-44-34(58)24(11-8-16-43-39(41)42)48-35(59)25(12-14-30(52)53)47-33(57)22(4)45-32(56)21(3)40/h5-7,9-10,20-22,24-28H,8,11-19,40H2,1-4H3,(H,44,58)(H,45,56)(H,46,51)(H,47,57)(H,48,59)(H,49,61)(H,50,60)(H,52,53)(H,54,55)(H,62,63)(H4,41,42,43)/t21-,22-,24-,25-,26-,27-,28-/m0/s1. The minimum Gasteiger partial charge on any atom is -0.481 e. The van der Waals surface area contributed by atoms with Crippen LogP contribution >= 0.6 is 0 Å². The molecule has 1 rings (SSSR count). The van der Waals surface area contributed by atoms with Crippen molar-refractivity contribution in [1.82, 2.24) is 37.2 Å². The third-order valence-electron chi connectivity index (χ3n) is 8.98. The number of hydrogen-bond donors (Lipinski definition) is 13. The van der Waals surface area contributed by atoms with E-state index < -0.39 is 134 Å². The first kappa shape index (κ1) is 54.2. The van der Waals surface area contributed by atoms with Gasteiger partial charge in [0, 0.05) is 25.8 Å². The van der Waals surface area contributed by atoms with E-state index >= 15 is 0 Å². The molecule has 0 unspecified atom stereocenters. The number of carboxylic acid groups (broad SMARTS) is 3. The Morgan fingerprint density at radius 2 is 1.11 bits per heavy atom. The number of carboxylic acids is 3. The number of nitrogens with zero attached hydrogens (tertiary/aromatic N) is 1. The lowest BCUT2D eigenvalue weighted by molar-refractivity contribution is -0.143. The summed E-state index contributed by atoms with van der Waals surface area (Å²) in [7, 11) is 0. The highest BCUT2D eigenvalue weighted by molar-refractivity contribution is 5.97. The first-order chi connectivity index (χ1) is 29.5. The predicted molar refractivity (Wildman–Crippen MR) is 225 cm³/mol. The molecule has 1 aromatic rings. The van der Waals surface area contributed by atoms with Gasteiger partial charge in [-0.2, -0.15) is 0 Å². The van der Waals surface area contributed by atoms with Gasteiger partial charge in [-0.15, -0.1) is 0 Å². The maximum atomic E-state index is 13.7. The zero-order valence-corrected chi connectivity index (χ0v) is 35.7. The molecule has 0 aromatic heterocycles. The highest BCUT2D eigenvalue weighted by Crippen LogP contribution is 2.10. The van der Waals surface area contributed by atoms with Crippen LogP contribution in [0.2, 0.25) is 0 Å². The van der Waals surface area contributed by atoms with Crippen LogP contribution in [0.1, 0.15) is 78.2 Å². The molecule has 16 N–H and O–H groups in total. The van der Waals surface area contributed by atoms with Gasteiger partial charge in [0.1, 0.15) is 36.3 Å². The number of benzene rings is 1. The van der Waals surface area contributed by atoms with Crippen LogP contribution in [0, 0.1) is 5.92 Å². The Kier molecular flexibility index (Phi) is 24.0. The number of nitrogens with two attached hydrogens (primary N) is 3. The molecule has 1 aromatic carbocycles. The number of hydrogen-bond acceptors (Lipinski definition) is 12.